The molecule has 1 amide bonds. The lowest BCUT2D eigenvalue weighted by Crippen LogP contribution is -2.47. The van der Waals surface area contributed by atoms with Gasteiger partial charge in [0, 0.05) is 77.6 Å². The summed E-state index contributed by atoms with van der Waals surface area (Å²) in [6, 6.07) is 17.0. The number of amides is 1. The van der Waals surface area contributed by atoms with Crippen LogP contribution in [-0.2, 0) is 17.6 Å². The lowest BCUT2D eigenvalue weighted by atomic mass is 9.93. The smallest absolute Gasteiger partial charge is 0.220 e. The van der Waals surface area contributed by atoms with Crippen molar-refractivity contribution in [3.8, 4) is 45.4 Å². The van der Waals surface area contributed by atoms with E-state index in [4.69, 9.17) is 42.6 Å². The molecule has 0 radical (unpaired) electrons. The Morgan fingerprint density at radius 1 is 0.820 bits per heavy atom. The molecule has 0 spiro atoms. The van der Waals surface area contributed by atoms with E-state index in [0.29, 0.717) is 34.3 Å². The van der Waals surface area contributed by atoms with Crippen molar-refractivity contribution in [2.24, 2.45) is 5.92 Å². The van der Waals surface area contributed by atoms with Crippen LogP contribution in [0.2, 0.25) is 10.0 Å². The standard InChI is InChI=1S/C40H43Cl2N5O3/c1-4-22-20-47(21-22)33-15-12-24-18-32(46-40(50-3)36(24)33)29-10-6-8-27(38(29)42)26-7-5-9-28(37(26)41)31-17-23-11-14-30(35(23)39(45-31)49-2)43-19-25-13-16-34(48)44-25/h5-10,17-18,22,25,30,33,43H,4,11-16,19-21H2,1-3H3,(H,44,48). The van der Waals surface area contributed by atoms with E-state index >= 15 is 0 Å². The number of aromatic nitrogens is 2. The molecule has 2 aromatic carbocycles. The van der Waals surface area contributed by atoms with E-state index in [-0.39, 0.29) is 18.0 Å². The molecule has 0 saturated carbocycles. The Kier molecular flexibility index (Phi) is 9.23. The van der Waals surface area contributed by atoms with E-state index in [1.165, 1.54) is 23.1 Å². The van der Waals surface area contributed by atoms with Gasteiger partial charge in [0.05, 0.1) is 35.7 Å². The van der Waals surface area contributed by atoms with Crippen LogP contribution in [0.5, 0.6) is 11.8 Å². The average Bonchev–Trinajstić information content (AvgIpc) is 3.85. The topological polar surface area (TPSA) is 88.6 Å². The number of likely N-dealkylation sites (tertiary alicyclic amines) is 1. The van der Waals surface area contributed by atoms with Crippen molar-refractivity contribution < 1.29 is 14.3 Å². The molecule has 4 heterocycles. The second-order valence-corrected chi connectivity index (χ2v) is 14.9. The third-order valence-corrected chi connectivity index (χ3v) is 12.0. The number of carbonyl (C=O) groups is 1. The highest BCUT2D eigenvalue weighted by molar-refractivity contribution is 6.39. The summed E-state index contributed by atoms with van der Waals surface area (Å²) in [5, 5.41) is 7.86. The predicted octanol–water partition coefficient (Wildman–Crippen LogP) is 7.99. The van der Waals surface area contributed by atoms with Crippen LogP contribution in [0.4, 0.5) is 0 Å². The number of halogens is 2. The van der Waals surface area contributed by atoms with Gasteiger partial charge in [0.2, 0.25) is 17.7 Å². The van der Waals surface area contributed by atoms with Crippen molar-refractivity contribution in [1.29, 1.82) is 0 Å². The molecule has 8 rings (SSSR count). The van der Waals surface area contributed by atoms with E-state index in [1.807, 2.05) is 36.4 Å². The molecule has 2 aliphatic heterocycles. The van der Waals surface area contributed by atoms with Crippen LogP contribution in [0.1, 0.15) is 73.4 Å². The normalized spacial score (nSPS) is 21.5. The molecule has 260 valence electrons. The summed E-state index contributed by atoms with van der Waals surface area (Å²) in [6.45, 7) is 5.29. The summed E-state index contributed by atoms with van der Waals surface area (Å²) < 4.78 is 11.8. The summed E-state index contributed by atoms with van der Waals surface area (Å²) in [6.07, 6.45) is 6.60. The number of ether oxygens (including phenoxy) is 2. The van der Waals surface area contributed by atoms with Crippen molar-refractivity contribution in [2.75, 3.05) is 33.9 Å². The summed E-state index contributed by atoms with van der Waals surface area (Å²) in [7, 11) is 3.38. The van der Waals surface area contributed by atoms with Crippen molar-refractivity contribution in [2.45, 2.75) is 70.0 Å². The van der Waals surface area contributed by atoms with Gasteiger partial charge in [-0.25, -0.2) is 9.97 Å². The highest BCUT2D eigenvalue weighted by atomic mass is 35.5. The van der Waals surface area contributed by atoms with Crippen molar-refractivity contribution in [3.63, 3.8) is 0 Å². The fraction of sp³-hybridized carbons (Fsp3) is 0.425. The zero-order valence-corrected chi connectivity index (χ0v) is 30.3. The number of hydrogen-bond acceptors (Lipinski definition) is 7. The Bertz CT molecular complexity index is 1960. The molecule has 4 aromatic rings. The van der Waals surface area contributed by atoms with Gasteiger partial charge in [0.25, 0.3) is 0 Å². The van der Waals surface area contributed by atoms with Gasteiger partial charge >= 0.3 is 0 Å². The highest BCUT2D eigenvalue weighted by Gasteiger charge is 2.38. The predicted molar refractivity (Wildman–Crippen MR) is 198 cm³/mol. The van der Waals surface area contributed by atoms with Gasteiger partial charge < -0.3 is 20.1 Å². The number of hydrogen-bond donors (Lipinski definition) is 2. The number of nitrogens with one attached hydrogen (secondary N) is 2. The van der Waals surface area contributed by atoms with Crippen LogP contribution < -0.4 is 20.1 Å². The average molecular weight is 713 g/mol. The van der Waals surface area contributed by atoms with Crippen LogP contribution >= 0.6 is 23.2 Å². The van der Waals surface area contributed by atoms with E-state index in [1.54, 1.807) is 14.2 Å². The second kappa shape index (κ2) is 13.8. The number of aryl methyl sites for hydroxylation is 2. The first-order valence-electron chi connectivity index (χ1n) is 17.9. The molecule has 2 aromatic heterocycles. The van der Waals surface area contributed by atoms with Gasteiger partial charge in [0.15, 0.2) is 0 Å². The van der Waals surface area contributed by atoms with Gasteiger partial charge in [-0.15, -0.1) is 0 Å². The molecule has 3 unspecified atom stereocenters. The number of nitrogens with zero attached hydrogens (tertiary/aromatic N) is 3. The fourth-order valence-electron chi connectivity index (χ4n) is 8.46. The zero-order chi connectivity index (χ0) is 34.5. The van der Waals surface area contributed by atoms with Crippen LogP contribution in [0.3, 0.4) is 0 Å². The second-order valence-electron chi connectivity index (χ2n) is 14.1. The highest BCUT2D eigenvalue weighted by Crippen LogP contribution is 2.48. The van der Waals surface area contributed by atoms with Crippen LogP contribution in [0.15, 0.2) is 48.5 Å². The van der Waals surface area contributed by atoms with Crippen LogP contribution in [-0.4, -0.2) is 60.7 Å². The minimum atomic E-state index is 0.115. The van der Waals surface area contributed by atoms with Gasteiger partial charge in [-0.1, -0.05) is 72.9 Å². The zero-order valence-electron chi connectivity index (χ0n) is 28.8. The molecule has 10 heteroatoms. The number of pyridine rings is 2. The minimum absolute atomic E-state index is 0.115. The van der Waals surface area contributed by atoms with E-state index in [0.717, 1.165) is 96.9 Å². The Labute approximate surface area is 303 Å². The maximum Gasteiger partial charge on any atom is 0.220 e. The molecule has 2 saturated heterocycles. The Morgan fingerprint density at radius 2 is 1.40 bits per heavy atom. The Balaban J connectivity index is 1.09. The third-order valence-electron chi connectivity index (χ3n) is 11.2. The summed E-state index contributed by atoms with van der Waals surface area (Å²) in [4.78, 5) is 24.3. The van der Waals surface area contributed by atoms with E-state index in [9.17, 15) is 4.79 Å². The number of carbonyl (C=O) groups excluding carboxylic acids is 1. The van der Waals surface area contributed by atoms with Gasteiger partial charge in [0.1, 0.15) is 0 Å². The molecule has 3 atom stereocenters. The largest absolute Gasteiger partial charge is 0.481 e. The Hall–Kier alpha value is -3.69. The number of methoxy groups -OCH3 is 2. The summed E-state index contributed by atoms with van der Waals surface area (Å²) in [5.74, 6) is 2.21. The van der Waals surface area contributed by atoms with Gasteiger partial charge in [-0.05, 0) is 61.3 Å². The number of benzene rings is 2. The molecule has 2 fully saturated rings. The minimum Gasteiger partial charge on any atom is -0.481 e. The quantitative estimate of drug-likeness (QED) is 0.172. The van der Waals surface area contributed by atoms with Crippen molar-refractivity contribution >= 4 is 29.1 Å². The molecule has 2 aliphatic carbocycles. The van der Waals surface area contributed by atoms with Crippen LogP contribution in [0.25, 0.3) is 33.6 Å². The number of rotatable bonds is 10. The monoisotopic (exact) mass is 711 g/mol. The maximum absolute atomic E-state index is 11.7. The van der Waals surface area contributed by atoms with E-state index < -0.39 is 0 Å². The Morgan fingerprint density at radius 3 is 1.98 bits per heavy atom. The van der Waals surface area contributed by atoms with Crippen LogP contribution in [0, 0.1) is 5.92 Å². The maximum atomic E-state index is 11.7. The molecule has 4 aliphatic rings. The van der Waals surface area contributed by atoms with Gasteiger partial charge in [-0.2, -0.15) is 0 Å². The number of fused-ring (bicyclic) bond motifs is 2. The molecule has 50 heavy (non-hydrogen) atoms. The first-order valence-corrected chi connectivity index (χ1v) is 18.6. The van der Waals surface area contributed by atoms with Crippen molar-refractivity contribution in [3.05, 3.63) is 80.8 Å². The van der Waals surface area contributed by atoms with Gasteiger partial charge in [-0.3, -0.25) is 9.69 Å². The molecule has 8 nitrogen and oxygen atoms in total. The van der Waals surface area contributed by atoms with Crippen molar-refractivity contribution in [1.82, 2.24) is 25.5 Å². The fourth-order valence-corrected chi connectivity index (χ4v) is 9.11. The summed E-state index contributed by atoms with van der Waals surface area (Å²) in [5.41, 5.74) is 9.68. The molecule has 2 N–H and O–H groups in total. The third kappa shape index (κ3) is 5.94. The lowest BCUT2D eigenvalue weighted by Gasteiger charge is -2.43. The molecular formula is C40H43Cl2N5O3. The molecular weight excluding hydrogens is 669 g/mol. The summed E-state index contributed by atoms with van der Waals surface area (Å²) >= 11 is 14.5. The lowest BCUT2D eigenvalue weighted by molar-refractivity contribution is -0.119. The first kappa shape index (κ1) is 33.5. The first-order chi connectivity index (χ1) is 24.4. The molecule has 0 bridgehead atoms. The van der Waals surface area contributed by atoms with E-state index in [2.05, 4.69) is 34.6 Å². The SMILES string of the molecule is CCC1CN(C2CCc3cc(-c4cccc(-c5cccc(-c6cc7c(c(OC)n6)C(NCC6CCC(=O)N6)CC7)c5Cl)c4Cl)nc(OC)c32)C1.